The van der Waals surface area contributed by atoms with Crippen molar-refractivity contribution in [1.29, 1.82) is 0 Å². The minimum Gasteiger partial charge on any atom is -0.366 e. The van der Waals surface area contributed by atoms with Crippen LogP contribution in [-0.4, -0.2) is 15.0 Å². The van der Waals surface area contributed by atoms with E-state index in [2.05, 4.69) is 77.7 Å². The third-order valence-electron chi connectivity index (χ3n) is 5.20. The van der Waals surface area contributed by atoms with Gasteiger partial charge in [-0.2, -0.15) is 0 Å². The van der Waals surface area contributed by atoms with Crippen molar-refractivity contribution in [2.75, 3.05) is 5.32 Å². The van der Waals surface area contributed by atoms with Gasteiger partial charge in [0.15, 0.2) is 5.82 Å². The largest absolute Gasteiger partial charge is 0.366 e. The molecule has 30 heavy (non-hydrogen) atoms. The molecule has 0 radical (unpaired) electrons. The summed E-state index contributed by atoms with van der Waals surface area (Å²) in [6.45, 7) is 7.13. The maximum absolute atomic E-state index is 4.84. The van der Waals surface area contributed by atoms with Crippen LogP contribution in [0.5, 0.6) is 0 Å². The summed E-state index contributed by atoms with van der Waals surface area (Å²) in [6, 6.07) is 20.9. The quantitative estimate of drug-likeness (QED) is 0.420. The van der Waals surface area contributed by atoms with E-state index in [-0.39, 0.29) is 0 Å². The molecule has 4 heteroatoms. The first kappa shape index (κ1) is 19.8. The lowest BCUT2D eigenvalue weighted by molar-refractivity contribution is 0.866. The van der Waals surface area contributed by atoms with Crippen LogP contribution in [0.15, 0.2) is 79.3 Å². The van der Waals surface area contributed by atoms with Gasteiger partial charge in [0.25, 0.3) is 0 Å². The number of aromatic nitrogens is 3. The zero-order valence-electron chi connectivity index (χ0n) is 17.6. The predicted octanol–water partition coefficient (Wildman–Crippen LogP) is 6.25. The van der Waals surface area contributed by atoms with Crippen molar-refractivity contribution < 1.29 is 0 Å². The highest BCUT2D eigenvalue weighted by Crippen LogP contribution is 2.28. The molecule has 0 atom stereocenters. The maximum Gasteiger partial charge on any atom is 0.161 e. The Hall–Kier alpha value is -3.53. The monoisotopic (exact) mass is 394 g/mol. The van der Waals surface area contributed by atoms with Gasteiger partial charge in [0.05, 0.1) is 0 Å². The Balaban J connectivity index is 1.52. The molecule has 0 amide bonds. The minimum absolute atomic E-state index is 0.417. The molecule has 0 spiro atoms. The van der Waals surface area contributed by atoms with Crippen molar-refractivity contribution in [2.45, 2.75) is 33.2 Å². The molecule has 0 fully saturated rings. The second-order valence-electron chi connectivity index (χ2n) is 7.76. The number of rotatable bonds is 6. The Morgan fingerprint density at radius 3 is 2.40 bits per heavy atom. The SMILES string of the molecule is Cc1cnc(-c2ccccc2C(C)C)nc1NCc1ccc(-c2cccnc2)cc1. The van der Waals surface area contributed by atoms with Crippen molar-refractivity contribution >= 4 is 5.82 Å². The molecule has 2 aromatic carbocycles. The van der Waals surface area contributed by atoms with Gasteiger partial charge in [-0.05, 0) is 41.2 Å². The fourth-order valence-electron chi connectivity index (χ4n) is 3.49. The normalized spacial score (nSPS) is 10.9. The van der Waals surface area contributed by atoms with Crippen LogP contribution < -0.4 is 5.32 Å². The fraction of sp³-hybridized carbons (Fsp3) is 0.192. The van der Waals surface area contributed by atoms with Gasteiger partial charge in [0.2, 0.25) is 0 Å². The summed E-state index contributed by atoms with van der Waals surface area (Å²) in [5.41, 5.74) is 6.88. The number of anilines is 1. The molecule has 2 aromatic heterocycles. The van der Waals surface area contributed by atoms with E-state index in [4.69, 9.17) is 4.98 Å². The molecule has 0 saturated heterocycles. The molecule has 0 aliphatic rings. The number of nitrogens with one attached hydrogen (secondary N) is 1. The van der Waals surface area contributed by atoms with Gasteiger partial charge in [-0.3, -0.25) is 4.98 Å². The lowest BCUT2D eigenvalue weighted by Crippen LogP contribution is -2.06. The zero-order valence-corrected chi connectivity index (χ0v) is 17.6. The summed E-state index contributed by atoms with van der Waals surface area (Å²) in [5.74, 6) is 2.05. The summed E-state index contributed by atoms with van der Waals surface area (Å²) in [4.78, 5) is 13.6. The van der Waals surface area contributed by atoms with Gasteiger partial charge >= 0.3 is 0 Å². The Morgan fingerprint density at radius 2 is 1.67 bits per heavy atom. The lowest BCUT2D eigenvalue weighted by Gasteiger charge is -2.14. The fourth-order valence-corrected chi connectivity index (χ4v) is 3.49. The van der Waals surface area contributed by atoms with Crippen molar-refractivity contribution in [3.63, 3.8) is 0 Å². The number of hydrogen-bond donors (Lipinski definition) is 1. The highest BCUT2D eigenvalue weighted by Gasteiger charge is 2.12. The van der Waals surface area contributed by atoms with Crippen molar-refractivity contribution in [2.24, 2.45) is 0 Å². The van der Waals surface area contributed by atoms with Crippen molar-refractivity contribution in [3.8, 4) is 22.5 Å². The van der Waals surface area contributed by atoms with Crippen molar-refractivity contribution in [1.82, 2.24) is 15.0 Å². The summed E-state index contributed by atoms with van der Waals surface area (Å²) in [6.07, 6.45) is 5.57. The second-order valence-corrected chi connectivity index (χ2v) is 7.76. The first-order valence-electron chi connectivity index (χ1n) is 10.3. The van der Waals surface area contributed by atoms with E-state index >= 15 is 0 Å². The topological polar surface area (TPSA) is 50.7 Å². The van der Waals surface area contributed by atoms with E-state index in [0.29, 0.717) is 12.5 Å². The molecule has 1 N–H and O–H groups in total. The van der Waals surface area contributed by atoms with E-state index in [9.17, 15) is 0 Å². The minimum atomic E-state index is 0.417. The van der Waals surface area contributed by atoms with Crippen LogP contribution in [-0.2, 0) is 6.54 Å². The standard InChI is InChI=1S/C26H26N4/c1-18(2)23-8-4-5-9-24(23)26-28-15-19(3)25(30-26)29-16-20-10-12-21(13-11-20)22-7-6-14-27-17-22/h4-15,17-18H,16H2,1-3H3,(H,28,29,30). The molecule has 0 aliphatic heterocycles. The van der Waals surface area contributed by atoms with Gasteiger partial charge in [0.1, 0.15) is 5.82 Å². The molecule has 4 aromatic rings. The average Bonchev–Trinajstić information content (AvgIpc) is 2.79. The average molecular weight is 395 g/mol. The molecule has 0 aliphatic carbocycles. The van der Waals surface area contributed by atoms with E-state index in [1.807, 2.05) is 31.5 Å². The number of hydrogen-bond acceptors (Lipinski definition) is 4. The zero-order chi connectivity index (χ0) is 20.9. The van der Waals surface area contributed by atoms with Gasteiger partial charge < -0.3 is 5.32 Å². The lowest BCUT2D eigenvalue weighted by atomic mass is 9.97. The van der Waals surface area contributed by atoms with Crippen LogP contribution in [0.2, 0.25) is 0 Å². The smallest absolute Gasteiger partial charge is 0.161 e. The Kier molecular flexibility index (Phi) is 5.84. The Labute approximate surface area is 178 Å². The molecular weight excluding hydrogens is 368 g/mol. The number of nitrogens with zero attached hydrogens (tertiary/aromatic N) is 3. The number of aryl methyl sites for hydroxylation is 1. The van der Waals surface area contributed by atoms with Crippen LogP contribution in [0, 0.1) is 6.92 Å². The molecule has 4 rings (SSSR count). The molecule has 0 saturated carbocycles. The van der Waals surface area contributed by atoms with Gasteiger partial charge in [0, 0.05) is 36.3 Å². The van der Waals surface area contributed by atoms with Crippen LogP contribution >= 0.6 is 0 Å². The number of benzene rings is 2. The van der Waals surface area contributed by atoms with Crippen LogP contribution in [0.4, 0.5) is 5.82 Å². The third-order valence-corrected chi connectivity index (χ3v) is 5.20. The summed E-state index contributed by atoms with van der Waals surface area (Å²) >= 11 is 0. The van der Waals surface area contributed by atoms with Crippen molar-refractivity contribution in [3.05, 3.63) is 95.9 Å². The van der Waals surface area contributed by atoms with Crippen LogP contribution in [0.25, 0.3) is 22.5 Å². The summed E-state index contributed by atoms with van der Waals surface area (Å²) in [7, 11) is 0. The van der Waals surface area contributed by atoms with Gasteiger partial charge in [-0.1, -0.05) is 68.4 Å². The first-order valence-corrected chi connectivity index (χ1v) is 10.3. The molecular formula is C26H26N4. The summed E-state index contributed by atoms with van der Waals surface area (Å²) < 4.78 is 0. The molecule has 4 nitrogen and oxygen atoms in total. The second kappa shape index (κ2) is 8.87. The molecule has 2 heterocycles. The highest BCUT2D eigenvalue weighted by molar-refractivity contribution is 5.64. The first-order chi connectivity index (χ1) is 14.6. The molecule has 0 unspecified atom stereocenters. The molecule has 150 valence electrons. The van der Waals surface area contributed by atoms with Crippen LogP contribution in [0.1, 0.15) is 36.5 Å². The van der Waals surface area contributed by atoms with Gasteiger partial charge in [-0.15, -0.1) is 0 Å². The maximum atomic E-state index is 4.84. The van der Waals surface area contributed by atoms with E-state index in [0.717, 1.165) is 33.9 Å². The summed E-state index contributed by atoms with van der Waals surface area (Å²) in [5, 5.41) is 3.48. The third kappa shape index (κ3) is 4.38. The van der Waals surface area contributed by atoms with Crippen LogP contribution in [0.3, 0.4) is 0 Å². The van der Waals surface area contributed by atoms with Gasteiger partial charge in [-0.25, -0.2) is 9.97 Å². The number of pyridine rings is 1. The Bertz CT molecular complexity index is 1120. The molecule has 0 bridgehead atoms. The van der Waals surface area contributed by atoms with E-state index in [1.165, 1.54) is 11.1 Å². The Morgan fingerprint density at radius 1 is 0.867 bits per heavy atom. The van der Waals surface area contributed by atoms with E-state index in [1.54, 1.807) is 6.20 Å². The highest BCUT2D eigenvalue weighted by atomic mass is 15.0. The predicted molar refractivity (Wildman–Crippen MR) is 123 cm³/mol. The van der Waals surface area contributed by atoms with E-state index < -0.39 is 0 Å².